The molecule has 0 fully saturated rings. The van der Waals surface area contributed by atoms with Gasteiger partial charge in [-0.2, -0.15) is 10.5 Å². The van der Waals surface area contributed by atoms with Crippen molar-refractivity contribution in [1.82, 2.24) is 0 Å². The van der Waals surface area contributed by atoms with Gasteiger partial charge in [-0.25, -0.2) is 0 Å². The first-order valence-electron chi connectivity index (χ1n) is 22.9. The molecular formula is C64H30N2O2. The molecule has 4 heteroatoms. The monoisotopic (exact) mass is 858 g/mol. The topological polar surface area (TPSA) is 73.9 Å². The summed E-state index contributed by atoms with van der Waals surface area (Å²) in [7, 11) is 0. The average molecular weight is 859 g/mol. The van der Waals surface area contributed by atoms with Crippen molar-refractivity contribution in [1.29, 1.82) is 10.5 Å². The Hall–Kier alpha value is -9.48. The maximum atomic E-state index is 9.85. The van der Waals surface area contributed by atoms with Crippen LogP contribution in [0.2, 0.25) is 0 Å². The second kappa shape index (κ2) is 12.7. The third-order valence-electron chi connectivity index (χ3n) is 15.2. The number of nitrogens with zero attached hydrogens (tertiary/aromatic N) is 2. The van der Waals surface area contributed by atoms with E-state index < -0.39 is 0 Å². The van der Waals surface area contributed by atoms with Crippen molar-refractivity contribution in [2.24, 2.45) is 0 Å². The van der Waals surface area contributed by atoms with Gasteiger partial charge in [-0.15, -0.1) is 0 Å². The van der Waals surface area contributed by atoms with E-state index in [1.54, 1.807) is 0 Å². The normalized spacial score (nSPS) is 12.4. The molecule has 2 aromatic heterocycles. The maximum absolute atomic E-state index is 9.85. The van der Waals surface area contributed by atoms with Crippen LogP contribution in [0.1, 0.15) is 11.1 Å². The maximum Gasteiger partial charge on any atom is 0.143 e. The van der Waals surface area contributed by atoms with Gasteiger partial charge in [0.15, 0.2) is 0 Å². The van der Waals surface area contributed by atoms with Gasteiger partial charge in [-0.1, -0.05) is 121 Å². The van der Waals surface area contributed by atoms with Crippen LogP contribution in [0.4, 0.5) is 0 Å². The number of para-hydroxylation sites is 2. The SMILES string of the molecule is N#Cc1ccc2c(c1)oc1c(-c3cc4c5cc6c(c(-c7cccc8c7oc7cc(C#N)ccc78)c5ccc4c4cc5c(cc34)-c3cccc4cccc-5c34)-c3cccc4cccc-6c34)cccc12. The Labute approximate surface area is 387 Å². The van der Waals surface area contributed by atoms with Crippen molar-refractivity contribution in [3.05, 3.63) is 193 Å². The Morgan fingerprint density at radius 1 is 0.279 bits per heavy atom. The molecule has 0 saturated carbocycles. The average Bonchev–Trinajstić information content (AvgIpc) is 4.14. The minimum absolute atomic E-state index is 0.566. The Kier molecular flexibility index (Phi) is 6.66. The van der Waals surface area contributed by atoms with Crippen LogP contribution < -0.4 is 0 Å². The molecule has 2 aliphatic rings. The van der Waals surface area contributed by atoms with Crippen molar-refractivity contribution in [2.75, 3.05) is 0 Å². The fourth-order valence-corrected chi connectivity index (χ4v) is 12.3. The van der Waals surface area contributed by atoms with Gasteiger partial charge < -0.3 is 8.83 Å². The number of fused-ring (bicyclic) bond motifs is 17. The molecule has 0 saturated heterocycles. The molecule has 0 aliphatic heterocycles. The fourth-order valence-electron chi connectivity index (χ4n) is 12.3. The molecule has 0 bridgehead atoms. The van der Waals surface area contributed by atoms with Gasteiger partial charge in [0.05, 0.1) is 23.3 Å². The first-order valence-corrected chi connectivity index (χ1v) is 22.9. The Morgan fingerprint density at radius 2 is 0.721 bits per heavy atom. The fraction of sp³-hybridized carbons (Fsp3) is 0. The van der Waals surface area contributed by atoms with E-state index in [-0.39, 0.29) is 0 Å². The van der Waals surface area contributed by atoms with E-state index in [1.807, 2.05) is 36.4 Å². The minimum atomic E-state index is 0.566. The highest BCUT2D eigenvalue weighted by Crippen LogP contribution is 2.57. The van der Waals surface area contributed by atoms with Gasteiger partial charge in [0.25, 0.3) is 0 Å². The summed E-state index contributed by atoms with van der Waals surface area (Å²) in [5, 5.41) is 35.6. The molecule has 0 amide bonds. The van der Waals surface area contributed by atoms with Crippen LogP contribution in [0.3, 0.4) is 0 Å². The summed E-state index contributed by atoms with van der Waals surface area (Å²) in [6.45, 7) is 0. The minimum Gasteiger partial charge on any atom is -0.455 e. The highest BCUT2D eigenvalue weighted by molar-refractivity contribution is 6.31. The molecule has 308 valence electrons. The van der Waals surface area contributed by atoms with Gasteiger partial charge in [-0.3, -0.25) is 0 Å². The molecule has 12 aromatic carbocycles. The van der Waals surface area contributed by atoms with Crippen LogP contribution in [0, 0.1) is 22.7 Å². The van der Waals surface area contributed by atoms with Crippen LogP contribution >= 0.6 is 0 Å². The third kappa shape index (κ3) is 4.47. The molecule has 16 rings (SSSR count). The van der Waals surface area contributed by atoms with Gasteiger partial charge in [0.2, 0.25) is 0 Å². The van der Waals surface area contributed by atoms with Crippen molar-refractivity contribution in [3.63, 3.8) is 0 Å². The van der Waals surface area contributed by atoms with E-state index in [2.05, 4.69) is 158 Å². The summed E-state index contributed by atoms with van der Waals surface area (Å²) < 4.78 is 13.7. The van der Waals surface area contributed by atoms with E-state index in [0.717, 1.165) is 76.5 Å². The van der Waals surface area contributed by atoms with Gasteiger partial charge in [-0.05, 0) is 165 Å². The summed E-state index contributed by atoms with van der Waals surface area (Å²) in [6, 6.07) is 69.9. The first kappa shape index (κ1) is 35.8. The molecule has 4 nitrogen and oxygen atoms in total. The summed E-state index contributed by atoms with van der Waals surface area (Å²) in [5.41, 5.74) is 18.1. The van der Waals surface area contributed by atoms with E-state index in [1.165, 1.54) is 76.8 Å². The number of rotatable bonds is 2. The Bertz CT molecular complexity index is 4810. The molecule has 0 radical (unpaired) electrons. The van der Waals surface area contributed by atoms with Gasteiger partial charge >= 0.3 is 0 Å². The number of nitriles is 2. The number of hydrogen-bond donors (Lipinski definition) is 0. The predicted molar refractivity (Wildman–Crippen MR) is 278 cm³/mol. The van der Waals surface area contributed by atoms with E-state index in [0.29, 0.717) is 22.3 Å². The molecule has 68 heavy (non-hydrogen) atoms. The molecule has 2 heterocycles. The van der Waals surface area contributed by atoms with Gasteiger partial charge in [0, 0.05) is 38.2 Å². The molecule has 0 N–H and O–H groups in total. The van der Waals surface area contributed by atoms with Crippen LogP contribution in [0.5, 0.6) is 0 Å². The van der Waals surface area contributed by atoms with Crippen LogP contribution in [0.15, 0.2) is 191 Å². The number of hydrogen-bond acceptors (Lipinski definition) is 4. The van der Waals surface area contributed by atoms with Crippen LogP contribution in [-0.2, 0) is 0 Å². The lowest BCUT2D eigenvalue weighted by molar-refractivity contribution is 0.669. The zero-order chi connectivity index (χ0) is 44.5. The third-order valence-corrected chi connectivity index (χ3v) is 15.2. The molecule has 0 spiro atoms. The molecule has 2 aliphatic carbocycles. The number of furan rings is 2. The summed E-state index contributed by atoms with van der Waals surface area (Å²) >= 11 is 0. The highest BCUT2D eigenvalue weighted by atomic mass is 16.3. The van der Waals surface area contributed by atoms with E-state index in [4.69, 9.17) is 8.83 Å². The zero-order valence-electron chi connectivity index (χ0n) is 36.0. The first-order chi connectivity index (χ1) is 33.6. The lowest BCUT2D eigenvalue weighted by atomic mass is 9.83. The molecule has 0 atom stereocenters. The predicted octanol–water partition coefficient (Wildman–Crippen LogP) is 17.6. The van der Waals surface area contributed by atoms with E-state index in [9.17, 15) is 10.5 Å². The summed E-state index contributed by atoms with van der Waals surface area (Å²) in [6.07, 6.45) is 0. The van der Waals surface area contributed by atoms with Crippen molar-refractivity contribution in [2.45, 2.75) is 0 Å². The Morgan fingerprint density at radius 3 is 1.35 bits per heavy atom. The standard InChI is InChI=1S/C64H30N2O2/c65-31-33-19-21-38-44-14-5-16-46(63(44)67-57(38)25-33)54-28-49-37(50-27-51-40-11-1-7-35-8-2-12-41(59(35)40)52(51)29-55(50)54)23-24-43-53(49)30-56-42-13-3-9-36-10-4-17-47(60(36)42)62(56)61(43)48-18-6-15-45-39-22-20-34(32-66)26-58(39)68-64(45)48/h1-30H. The lowest BCUT2D eigenvalue weighted by Crippen LogP contribution is -1.92. The van der Waals surface area contributed by atoms with E-state index >= 15 is 0 Å². The smallest absolute Gasteiger partial charge is 0.143 e. The number of benzene rings is 12. The quantitative estimate of drug-likeness (QED) is 0.162. The zero-order valence-corrected chi connectivity index (χ0v) is 36.0. The highest BCUT2D eigenvalue weighted by Gasteiger charge is 2.30. The summed E-state index contributed by atoms with van der Waals surface area (Å²) in [4.78, 5) is 0. The van der Waals surface area contributed by atoms with Gasteiger partial charge in [0.1, 0.15) is 22.3 Å². The second-order valence-corrected chi connectivity index (χ2v) is 18.4. The molecular weight excluding hydrogens is 829 g/mol. The molecule has 14 aromatic rings. The van der Waals surface area contributed by atoms with Crippen molar-refractivity contribution in [3.8, 4) is 78.9 Å². The Balaban J connectivity index is 1.08. The summed E-state index contributed by atoms with van der Waals surface area (Å²) in [5.74, 6) is 0. The van der Waals surface area contributed by atoms with Crippen LogP contribution in [-0.4, -0.2) is 0 Å². The van der Waals surface area contributed by atoms with Crippen molar-refractivity contribution >= 4 is 97.7 Å². The van der Waals surface area contributed by atoms with Crippen molar-refractivity contribution < 1.29 is 8.83 Å². The lowest BCUT2D eigenvalue weighted by Gasteiger charge is -2.19. The van der Waals surface area contributed by atoms with Crippen LogP contribution in [0.25, 0.3) is 165 Å². The largest absolute Gasteiger partial charge is 0.455 e. The molecule has 0 unspecified atom stereocenters. The second-order valence-electron chi connectivity index (χ2n) is 18.4.